The third-order valence-corrected chi connectivity index (χ3v) is 2.52. The third-order valence-electron chi connectivity index (χ3n) is 2.52. The molecule has 1 rings (SSSR count). The number of ketones is 1. The molecule has 0 aromatic rings. The molecule has 0 atom stereocenters. The Bertz CT molecular complexity index is 146. The summed E-state index contributed by atoms with van der Waals surface area (Å²) in [5, 5.41) is 9.79. The molecule has 0 heterocycles. The van der Waals surface area contributed by atoms with Crippen LogP contribution in [-0.4, -0.2) is 16.5 Å². The van der Waals surface area contributed by atoms with E-state index in [1.165, 1.54) is 6.42 Å². The maximum Gasteiger partial charge on any atom is 0.164 e. The van der Waals surface area contributed by atoms with Gasteiger partial charge >= 0.3 is 0 Å². The van der Waals surface area contributed by atoms with Crippen molar-refractivity contribution in [2.45, 2.75) is 51.0 Å². The van der Waals surface area contributed by atoms with Crippen LogP contribution < -0.4 is 0 Å². The summed E-state index contributed by atoms with van der Waals surface area (Å²) in [5.41, 5.74) is -0.951. The zero-order valence-electron chi connectivity index (χ0n) is 7.10. The van der Waals surface area contributed by atoms with Crippen molar-refractivity contribution < 1.29 is 9.90 Å². The molecule has 2 nitrogen and oxygen atoms in total. The van der Waals surface area contributed by atoms with Crippen LogP contribution in [0.4, 0.5) is 0 Å². The highest BCUT2D eigenvalue weighted by Gasteiger charge is 2.35. The Morgan fingerprint density at radius 3 is 2.36 bits per heavy atom. The van der Waals surface area contributed by atoms with Crippen molar-refractivity contribution in [3.8, 4) is 0 Å². The van der Waals surface area contributed by atoms with Crippen LogP contribution in [0.25, 0.3) is 0 Å². The first-order valence-electron chi connectivity index (χ1n) is 4.45. The van der Waals surface area contributed by atoms with Crippen LogP contribution in [0.1, 0.15) is 45.4 Å². The first kappa shape index (κ1) is 8.72. The van der Waals surface area contributed by atoms with Gasteiger partial charge in [0.1, 0.15) is 5.60 Å². The van der Waals surface area contributed by atoms with E-state index in [-0.39, 0.29) is 5.78 Å². The first-order chi connectivity index (χ1) is 5.19. The average molecular weight is 156 g/mol. The lowest BCUT2D eigenvalue weighted by molar-refractivity contribution is -0.140. The Kier molecular flexibility index (Phi) is 2.66. The molecule has 1 fully saturated rings. The Hall–Kier alpha value is -0.370. The van der Waals surface area contributed by atoms with Gasteiger partial charge in [0.25, 0.3) is 0 Å². The van der Waals surface area contributed by atoms with Gasteiger partial charge in [-0.25, -0.2) is 0 Å². The van der Waals surface area contributed by atoms with E-state index in [1.54, 1.807) is 0 Å². The van der Waals surface area contributed by atoms with Gasteiger partial charge in [-0.05, 0) is 12.8 Å². The summed E-state index contributed by atoms with van der Waals surface area (Å²) in [6, 6.07) is 0. The minimum Gasteiger partial charge on any atom is -0.382 e. The molecule has 0 spiro atoms. The molecule has 0 aromatic heterocycles. The van der Waals surface area contributed by atoms with Gasteiger partial charge in [-0.2, -0.15) is 0 Å². The molecule has 1 saturated carbocycles. The molecule has 1 aliphatic carbocycles. The number of rotatable bonds is 2. The lowest BCUT2D eigenvalue weighted by atomic mass is 9.81. The van der Waals surface area contributed by atoms with Crippen molar-refractivity contribution in [1.82, 2.24) is 0 Å². The van der Waals surface area contributed by atoms with Gasteiger partial charge in [-0.1, -0.05) is 26.2 Å². The fraction of sp³-hybridized carbons (Fsp3) is 0.889. The zero-order chi connectivity index (χ0) is 8.32. The van der Waals surface area contributed by atoms with E-state index in [2.05, 4.69) is 0 Å². The molecular formula is C9H16O2. The van der Waals surface area contributed by atoms with E-state index in [0.29, 0.717) is 19.3 Å². The smallest absolute Gasteiger partial charge is 0.164 e. The monoisotopic (exact) mass is 156 g/mol. The van der Waals surface area contributed by atoms with Crippen molar-refractivity contribution in [3.63, 3.8) is 0 Å². The highest BCUT2D eigenvalue weighted by molar-refractivity contribution is 5.86. The molecule has 2 heteroatoms. The van der Waals surface area contributed by atoms with Crippen LogP contribution in [0.15, 0.2) is 0 Å². The molecule has 64 valence electrons. The highest BCUT2D eigenvalue weighted by atomic mass is 16.3. The second kappa shape index (κ2) is 3.35. The van der Waals surface area contributed by atoms with Gasteiger partial charge in [-0.3, -0.25) is 4.79 Å². The number of carbonyl (C=O) groups excluding carboxylic acids is 1. The fourth-order valence-electron chi connectivity index (χ4n) is 1.74. The molecule has 0 saturated heterocycles. The van der Waals surface area contributed by atoms with Crippen molar-refractivity contribution in [1.29, 1.82) is 0 Å². The summed E-state index contributed by atoms with van der Waals surface area (Å²) in [7, 11) is 0. The highest BCUT2D eigenvalue weighted by Crippen LogP contribution is 2.29. The molecular weight excluding hydrogens is 140 g/mol. The van der Waals surface area contributed by atoms with Crippen LogP contribution in [-0.2, 0) is 4.79 Å². The van der Waals surface area contributed by atoms with Gasteiger partial charge in [0.2, 0.25) is 0 Å². The van der Waals surface area contributed by atoms with Crippen LogP contribution >= 0.6 is 0 Å². The van der Waals surface area contributed by atoms with Crippen molar-refractivity contribution in [3.05, 3.63) is 0 Å². The first-order valence-corrected chi connectivity index (χ1v) is 4.45. The van der Waals surface area contributed by atoms with E-state index in [1.807, 2.05) is 6.92 Å². The Morgan fingerprint density at radius 1 is 1.36 bits per heavy atom. The van der Waals surface area contributed by atoms with Crippen LogP contribution in [0, 0.1) is 0 Å². The predicted octanol–water partition coefficient (Wildman–Crippen LogP) is 1.66. The second-order valence-electron chi connectivity index (χ2n) is 3.37. The van der Waals surface area contributed by atoms with Gasteiger partial charge < -0.3 is 5.11 Å². The normalized spacial score (nSPS) is 23.1. The molecule has 1 aliphatic rings. The summed E-state index contributed by atoms with van der Waals surface area (Å²) < 4.78 is 0. The minimum absolute atomic E-state index is 0.0252. The molecule has 0 radical (unpaired) electrons. The molecule has 0 unspecified atom stereocenters. The van der Waals surface area contributed by atoms with Gasteiger partial charge in [0.15, 0.2) is 5.78 Å². The number of hydrogen-bond donors (Lipinski definition) is 1. The van der Waals surface area contributed by atoms with Gasteiger partial charge in [0, 0.05) is 6.42 Å². The summed E-state index contributed by atoms with van der Waals surface area (Å²) in [6.07, 6.45) is 5.00. The lowest BCUT2D eigenvalue weighted by Crippen LogP contribution is -2.39. The summed E-state index contributed by atoms with van der Waals surface area (Å²) in [6.45, 7) is 1.81. The molecule has 0 bridgehead atoms. The largest absolute Gasteiger partial charge is 0.382 e. The quantitative estimate of drug-likeness (QED) is 0.660. The Labute approximate surface area is 67.6 Å². The van der Waals surface area contributed by atoms with E-state index < -0.39 is 5.60 Å². The van der Waals surface area contributed by atoms with Crippen molar-refractivity contribution in [2.75, 3.05) is 0 Å². The van der Waals surface area contributed by atoms with Crippen LogP contribution in [0.5, 0.6) is 0 Å². The number of hydrogen-bond acceptors (Lipinski definition) is 2. The molecule has 0 aliphatic heterocycles. The predicted molar refractivity (Wildman–Crippen MR) is 43.3 cm³/mol. The van der Waals surface area contributed by atoms with Gasteiger partial charge in [-0.15, -0.1) is 0 Å². The zero-order valence-corrected chi connectivity index (χ0v) is 7.10. The maximum atomic E-state index is 11.2. The maximum absolute atomic E-state index is 11.2. The number of aliphatic hydroxyl groups is 1. The molecule has 0 aromatic carbocycles. The topological polar surface area (TPSA) is 37.3 Å². The lowest BCUT2D eigenvalue weighted by Gasteiger charge is -2.29. The fourth-order valence-corrected chi connectivity index (χ4v) is 1.74. The standard InChI is InChI=1S/C9H16O2/c1-2-8(10)9(11)6-4-3-5-7-9/h11H,2-7H2,1H3. The van der Waals surface area contributed by atoms with E-state index in [0.717, 1.165) is 12.8 Å². The van der Waals surface area contributed by atoms with Gasteiger partial charge in [0.05, 0.1) is 0 Å². The van der Waals surface area contributed by atoms with E-state index >= 15 is 0 Å². The van der Waals surface area contributed by atoms with Crippen LogP contribution in [0.3, 0.4) is 0 Å². The number of Topliss-reactive ketones (excluding diaryl/α,β-unsaturated/α-hetero) is 1. The average Bonchev–Trinajstić information content (AvgIpc) is 2.04. The summed E-state index contributed by atoms with van der Waals surface area (Å²) in [4.78, 5) is 11.2. The Morgan fingerprint density at radius 2 is 1.91 bits per heavy atom. The SMILES string of the molecule is CCC(=O)C1(O)CCCCC1. The number of carbonyl (C=O) groups is 1. The molecule has 1 N–H and O–H groups in total. The molecule has 11 heavy (non-hydrogen) atoms. The molecule has 0 amide bonds. The van der Waals surface area contributed by atoms with E-state index in [4.69, 9.17) is 0 Å². The van der Waals surface area contributed by atoms with Crippen molar-refractivity contribution in [2.24, 2.45) is 0 Å². The minimum atomic E-state index is -0.951. The van der Waals surface area contributed by atoms with Crippen LogP contribution in [0.2, 0.25) is 0 Å². The third kappa shape index (κ3) is 1.80. The van der Waals surface area contributed by atoms with Crippen molar-refractivity contribution >= 4 is 5.78 Å². The second-order valence-corrected chi connectivity index (χ2v) is 3.37. The Balaban J connectivity index is 2.56. The summed E-state index contributed by atoms with van der Waals surface area (Å²) in [5.74, 6) is 0.0252. The summed E-state index contributed by atoms with van der Waals surface area (Å²) >= 11 is 0. The van der Waals surface area contributed by atoms with E-state index in [9.17, 15) is 9.90 Å².